The van der Waals surface area contributed by atoms with Gasteiger partial charge >= 0.3 is 0 Å². The Labute approximate surface area is 297 Å². The van der Waals surface area contributed by atoms with Crippen molar-refractivity contribution in [2.75, 3.05) is 0 Å². The average molecular weight is 691 g/mol. The highest BCUT2D eigenvalue weighted by molar-refractivity contribution is 7.72. The molecule has 8 fully saturated rings. The molecular weight excluding hydrogens is 631 g/mol. The second-order valence-electron chi connectivity index (χ2n) is 19.5. The lowest BCUT2D eigenvalue weighted by molar-refractivity contribution is -0.158. The van der Waals surface area contributed by atoms with Crippen LogP contribution in [0.15, 0.2) is 66.7 Å². The van der Waals surface area contributed by atoms with Crippen LogP contribution in [0.2, 0.25) is 19.6 Å². The zero-order valence-electron chi connectivity index (χ0n) is 30.5. The third kappa shape index (κ3) is 5.08. The van der Waals surface area contributed by atoms with Gasteiger partial charge < -0.3 is 0 Å². The van der Waals surface area contributed by atoms with E-state index in [0.717, 1.165) is 35.5 Å². The van der Waals surface area contributed by atoms with Gasteiger partial charge in [0.05, 0.1) is 8.07 Å². The number of benzene rings is 3. The minimum Gasteiger partial charge on any atom is -0.125 e. The predicted octanol–water partition coefficient (Wildman–Crippen LogP) is 11.0. The molecule has 48 heavy (non-hydrogen) atoms. The van der Waals surface area contributed by atoms with E-state index in [9.17, 15) is 0 Å². The van der Waals surface area contributed by atoms with Crippen LogP contribution < -0.4 is 15.8 Å². The van der Waals surface area contributed by atoms with Crippen molar-refractivity contribution in [2.24, 2.45) is 46.3 Å². The minimum absolute atomic E-state index is 0.178. The van der Waals surface area contributed by atoms with E-state index in [0.29, 0.717) is 10.8 Å². The van der Waals surface area contributed by atoms with Crippen LogP contribution in [0.4, 0.5) is 0 Å². The Kier molecular flexibility index (Phi) is 7.90. The summed E-state index contributed by atoms with van der Waals surface area (Å²) in [4.78, 5) is 0. The first kappa shape index (κ1) is 32.6. The Hall–Kier alpha value is -1.26. The molecule has 0 radical (unpaired) electrons. The van der Waals surface area contributed by atoms with Crippen LogP contribution in [0.1, 0.15) is 99.3 Å². The fourth-order valence-corrected chi connectivity index (χ4v) is 19.0. The number of aryl methyl sites for hydroxylation is 2. The first-order valence-corrected chi connectivity index (χ1v) is 25.4. The highest BCUT2D eigenvalue weighted by Crippen LogP contribution is 2.78. The zero-order valence-corrected chi connectivity index (χ0v) is 33.6. The molecule has 3 aromatic carbocycles. The molecule has 11 rings (SSSR count). The van der Waals surface area contributed by atoms with Gasteiger partial charge in [-0.15, -0.1) is 9.24 Å². The van der Waals surface area contributed by atoms with E-state index in [4.69, 9.17) is 0 Å². The van der Waals surface area contributed by atoms with E-state index in [1.54, 1.807) is 26.9 Å². The normalized spacial score (nSPS) is 36.1. The highest BCUT2D eigenvalue weighted by Gasteiger charge is 2.69. The van der Waals surface area contributed by atoms with Gasteiger partial charge in [-0.05, 0) is 178 Å². The van der Waals surface area contributed by atoms with Crippen LogP contribution in [-0.4, -0.2) is 8.07 Å². The van der Waals surface area contributed by atoms with Crippen LogP contribution in [-0.2, 0) is 11.3 Å². The highest BCUT2D eigenvalue weighted by atomic mass is 31.1. The maximum atomic E-state index is 3.93. The summed E-state index contributed by atoms with van der Waals surface area (Å²) < 4.78 is 0. The van der Waals surface area contributed by atoms with Crippen molar-refractivity contribution in [3.8, 4) is 0 Å². The SMILES string of the molecule is Cc1ccccc1P(Cc1cc([Si](C)(C)C)ccc1C(P)(C12CC3CC(CC(C3)C1)C2)C12CC3CC(CC(C3)C1)C2)c1ccccc1C. The molecule has 3 aromatic rings. The smallest absolute Gasteiger partial charge is 0.0776 e. The Balaban J connectivity index is 1.27. The van der Waals surface area contributed by atoms with Crippen molar-refractivity contribution >= 4 is 41.0 Å². The van der Waals surface area contributed by atoms with Crippen LogP contribution in [0, 0.1) is 60.2 Å². The van der Waals surface area contributed by atoms with Gasteiger partial charge in [-0.1, -0.05) is 91.6 Å². The summed E-state index contributed by atoms with van der Waals surface area (Å²) in [5.74, 6) is 5.87. The first-order chi connectivity index (χ1) is 23.0. The lowest BCUT2D eigenvalue weighted by Gasteiger charge is -2.72. The molecule has 1 atom stereocenters. The molecule has 3 heteroatoms. The fourth-order valence-electron chi connectivity index (χ4n) is 14.1. The van der Waals surface area contributed by atoms with Gasteiger partial charge in [-0.25, -0.2) is 0 Å². The summed E-state index contributed by atoms with van der Waals surface area (Å²) in [6, 6.07) is 27.0. The Morgan fingerprint density at radius 1 is 0.625 bits per heavy atom. The second-order valence-corrected chi connectivity index (χ2v) is 27.6. The molecule has 0 N–H and O–H groups in total. The predicted molar refractivity (Wildman–Crippen MR) is 214 cm³/mol. The van der Waals surface area contributed by atoms with E-state index in [1.165, 1.54) is 94.3 Å². The molecule has 0 saturated heterocycles. The van der Waals surface area contributed by atoms with E-state index in [1.807, 2.05) is 0 Å². The topological polar surface area (TPSA) is 0 Å². The number of rotatable bonds is 8. The van der Waals surface area contributed by atoms with Crippen LogP contribution in [0.25, 0.3) is 0 Å². The van der Waals surface area contributed by atoms with Crippen molar-refractivity contribution < 1.29 is 0 Å². The lowest BCUT2D eigenvalue weighted by Crippen LogP contribution is -2.64. The summed E-state index contributed by atoms with van der Waals surface area (Å²) in [6.07, 6.45) is 19.4. The van der Waals surface area contributed by atoms with Crippen molar-refractivity contribution in [3.63, 3.8) is 0 Å². The minimum atomic E-state index is -1.52. The van der Waals surface area contributed by atoms with Gasteiger partial charge in [0.15, 0.2) is 0 Å². The molecule has 0 amide bonds. The van der Waals surface area contributed by atoms with Crippen LogP contribution >= 0.6 is 17.2 Å². The summed E-state index contributed by atoms with van der Waals surface area (Å²) in [5.41, 5.74) is 7.36. The number of hydrogen-bond donors (Lipinski definition) is 0. The van der Waals surface area contributed by atoms with Gasteiger partial charge in [-0.3, -0.25) is 0 Å². The molecule has 8 aliphatic rings. The Morgan fingerprint density at radius 3 is 1.40 bits per heavy atom. The molecule has 0 nitrogen and oxygen atoms in total. The maximum absolute atomic E-state index is 3.93. The molecule has 8 aliphatic carbocycles. The van der Waals surface area contributed by atoms with Crippen molar-refractivity contribution in [2.45, 2.75) is 122 Å². The van der Waals surface area contributed by atoms with Gasteiger partial charge in [0.1, 0.15) is 0 Å². The molecule has 254 valence electrons. The molecular formula is C45H60P2Si. The van der Waals surface area contributed by atoms with Crippen LogP contribution in [0.3, 0.4) is 0 Å². The zero-order chi connectivity index (χ0) is 33.1. The van der Waals surface area contributed by atoms with E-state index >= 15 is 0 Å². The fraction of sp³-hybridized carbons (Fsp3) is 0.600. The maximum Gasteiger partial charge on any atom is 0.0776 e. The van der Waals surface area contributed by atoms with Gasteiger partial charge in [0.2, 0.25) is 0 Å². The summed E-state index contributed by atoms with van der Waals surface area (Å²) in [5, 5.41) is 5.02. The Morgan fingerprint density at radius 2 is 1.02 bits per heavy atom. The largest absolute Gasteiger partial charge is 0.125 e. The van der Waals surface area contributed by atoms with Crippen molar-refractivity contribution in [1.82, 2.24) is 0 Å². The van der Waals surface area contributed by atoms with Crippen molar-refractivity contribution in [1.29, 1.82) is 0 Å². The first-order valence-electron chi connectivity index (χ1n) is 19.8. The standard InChI is InChI=1S/C45H60P2Si/c1-30-10-6-8-12-41(30)47(42-13-9-7-11-31(42)2)29-38-22-39(48(3,4)5)14-15-40(38)45(46,43-23-32-16-33(24-43)18-34(17-32)25-43)44-26-35-19-36(27-44)21-37(20-35)28-44/h6-15,22,32-37H,16-21,23-29,46H2,1-5H3. The molecule has 0 aromatic heterocycles. The molecule has 1 unspecified atom stereocenters. The third-order valence-corrected chi connectivity index (χ3v) is 21.7. The third-order valence-electron chi connectivity index (χ3n) is 15.3. The molecule has 8 saturated carbocycles. The molecule has 0 spiro atoms. The van der Waals surface area contributed by atoms with Crippen LogP contribution in [0.5, 0.6) is 0 Å². The summed E-state index contributed by atoms with van der Waals surface area (Å²) in [7, 11) is 1.87. The van der Waals surface area contributed by atoms with Gasteiger partial charge in [0.25, 0.3) is 0 Å². The van der Waals surface area contributed by atoms with Crippen molar-refractivity contribution in [3.05, 3.63) is 89.0 Å². The quantitative estimate of drug-likeness (QED) is 0.163. The molecule has 0 aliphatic heterocycles. The average Bonchev–Trinajstić information content (AvgIpc) is 3.02. The van der Waals surface area contributed by atoms with E-state index < -0.39 is 16.0 Å². The monoisotopic (exact) mass is 690 g/mol. The number of hydrogen-bond acceptors (Lipinski definition) is 0. The second kappa shape index (κ2) is 11.6. The molecule has 8 bridgehead atoms. The van der Waals surface area contributed by atoms with Gasteiger partial charge in [-0.2, -0.15) is 0 Å². The molecule has 0 heterocycles. The lowest BCUT2D eigenvalue weighted by atomic mass is 9.37. The Bertz CT molecular complexity index is 1550. The summed E-state index contributed by atoms with van der Waals surface area (Å²) >= 11 is 0. The van der Waals surface area contributed by atoms with Gasteiger partial charge in [0, 0.05) is 11.3 Å². The van der Waals surface area contributed by atoms with E-state index in [2.05, 4.69) is 109 Å². The van der Waals surface area contributed by atoms with E-state index in [-0.39, 0.29) is 5.16 Å². The summed E-state index contributed by atoms with van der Waals surface area (Å²) in [6.45, 7) is 12.5.